The molecule has 0 bridgehead atoms. The summed E-state index contributed by atoms with van der Waals surface area (Å²) in [6.07, 6.45) is 3.77. The zero-order valence-corrected chi connectivity index (χ0v) is 5.91. The molecule has 1 aliphatic carbocycles. The van der Waals surface area contributed by atoms with Crippen LogP contribution in [0.2, 0.25) is 0 Å². The van der Waals surface area contributed by atoms with Crippen molar-refractivity contribution >= 4 is 0 Å². The summed E-state index contributed by atoms with van der Waals surface area (Å²) in [6, 6.07) is 4.04. The Labute approximate surface area is 65.0 Å². The molecule has 3 nitrogen and oxygen atoms in total. The van der Waals surface area contributed by atoms with Gasteiger partial charge in [-0.2, -0.15) is 10.5 Å². The lowest BCUT2D eigenvalue weighted by atomic mass is 9.95. The summed E-state index contributed by atoms with van der Waals surface area (Å²) < 4.78 is 0. The second-order valence-electron chi connectivity index (χ2n) is 2.39. The summed E-state index contributed by atoms with van der Waals surface area (Å²) in [5.74, 6) is -0.227. The number of nitrogens with zero attached hydrogens (tertiary/aromatic N) is 2. The first-order valence-corrected chi connectivity index (χ1v) is 3.24. The van der Waals surface area contributed by atoms with Gasteiger partial charge in [0.25, 0.3) is 0 Å². The van der Waals surface area contributed by atoms with Crippen LogP contribution in [0.3, 0.4) is 0 Å². The van der Waals surface area contributed by atoms with E-state index in [0.717, 1.165) is 0 Å². The molecule has 0 radical (unpaired) electrons. The third-order valence-corrected chi connectivity index (χ3v) is 1.48. The molecule has 0 saturated carbocycles. The highest BCUT2D eigenvalue weighted by Crippen LogP contribution is 2.18. The van der Waals surface area contributed by atoms with Crippen LogP contribution in [0.15, 0.2) is 23.4 Å². The minimum absolute atomic E-state index is 0.227. The van der Waals surface area contributed by atoms with Gasteiger partial charge in [-0.05, 0) is 12.2 Å². The van der Waals surface area contributed by atoms with Crippen molar-refractivity contribution in [1.82, 2.24) is 0 Å². The van der Waals surface area contributed by atoms with Crippen LogP contribution in [0.25, 0.3) is 0 Å². The summed E-state index contributed by atoms with van der Waals surface area (Å²) in [5, 5.41) is 17.0. The zero-order chi connectivity index (χ0) is 8.27. The largest absolute Gasteiger partial charge is 0.399 e. The molecule has 0 saturated heterocycles. The molecule has 2 N–H and O–H groups in total. The second kappa shape index (κ2) is 2.90. The van der Waals surface area contributed by atoms with Crippen LogP contribution >= 0.6 is 0 Å². The standard InChI is InChI=1S/C8H7N3/c9-4-6-1-7(5-10)3-8(11)2-6/h2-3,6H,1,11H2/t6-/m1/s1. The van der Waals surface area contributed by atoms with E-state index in [4.69, 9.17) is 16.3 Å². The molecular weight excluding hydrogens is 138 g/mol. The molecule has 0 spiro atoms. The van der Waals surface area contributed by atoms with Crippen molar-refractivity contribution in [2.75, 3.05) is 0 Å². The van der Waals surface area contributed by atoms with Crippen LogP contribution < -0.4 is 5.73 Å². The van der Waals surface area contributed by atoms with Gasteiger partial charge in [0, 0.05) is 17.7 Å². The molecule has 0 aromatic carbocycles. The highest BCUT2D eigenvalue weighted by Gasteiger charge is 2.12. The predicted octanol–water partition coefficient (Wildman–Crippen LogP) is 0.822. The van der Waals surface area contributed by atoms with Crippen LogP contribution in [0.5, 0.6) is 0 Å². The number of nitrogens with two attached hydrogens (primary N) is 1. The lowest BCUT2D eigenvalue weighted by Gasteiger charge is -2.08. The highest BCUT2D eigenvalue weighted by atomic mass is 14.6. The van der Waals surface area contributed by atoms with E-state index in [0.29, 0.717) is 17.7 Å². The average molecular weight is 145 g/mol. The molecule has 0 unspecified atom stereocenters. The van der Waals surface area contributed by atoms with E-state index < -0.39 is 0 Å². The summed E-state index contributed by atoms with van der Waals surface area (Å²) in [6.45, 7) is 0. The fourth-order valence-corrected chi connectivity index (χ4v) is 0.997. The molecule has 0 aromatic heterocycles. The maximum absolute atomic E-state index is 8.54. The molecule has 3 heteroatoms. The fourth-order valence-electron chi connectivity index (χ4n) is 0.997. The minimum atomic E-state index is -0.227. The Morgan fingerprint density at radius 2 is 2.27 bits per heavy atom. The van der Waals surface area contributed by atoms with E-state index in [9.17, 15) is 0 Å². The van der Waals surface area contributed by atoms with Crippen molar-refractivity contribution in [3.8, 4) is 12.1 Å². The van der Waals surface area contributed by atoms with Gasteiger partial charge < -0.3 is 5.73 Å². The van der Waals surface area contributed by atoms with Gasteiger partial charge in [-0.3, -0.25) is 0 Å². The molecule has 0 aliphatic heterocycles. The number of allylic oxidation sites excluding steroid dienone is 3. The highest BCUT2D eigenvalue weighted by molar-refractivity contribution is 5.36. The molecule has 1 rings (SSSR count). The van der Waals surface area contributed by atoms with Crippen molar-refractivity contribution in [1.29, 1.82) is 10.5 Å². The topological polar surface area (TPSA) is 73.6 Å². The number of rotatable bonds is 0. The third kappa shape index (κ3) is 1.59. The Kier molecular flexibility index (Phi) is 1.94. The average Bonchev–Trinajstić information content (AvgIpc) is 2.03. The molecule has 1 atom stereocenters. The normalized spacial score (nSPS) is 22.5. The van der Waals surface area contributed by atoms with Gasteiger partial charge in [-0.1, -0.05) is 0 Å². The van der Waals surface area contributed by atoms with Gasteiger partial charge >= 0.3 is 0 Å². The van der Waals surface area contributed by atoms with Gasteiger partial charge in [-0.15, -0.1) is 0 Å². The Hall–Kier alpha value is -1.74. The van der Waals surface area contributed by atoms with Gasteiger partial charge in [-0.25, -0.2) is 0 Å². The maximum atomic E-state index is 8.54. The number of nitriles is 2. The zero-order valence-electron chi connectivity index (χ0n) is 5.91. The van der Waals surface area contributed by atoms with Crippen LogP contribution in [-0.4, -0.2) is 0 Å². The molecule has 0 fully saturated rings. The van der Waals surface area contributed by atoms with E-state index in [-0.39, 0.29) is 5.92 Å². The quantitative estimate of drug-likeness (QED) is 0.548. The van der Waals surface area contributed by atoms with Crippen molar-refractivity contribution in [3.63, 3.8) is 0 Å². The third-order valence-electron chi connectivity index (χ3n) is 1.48. The van der Waals surface area contributed by atoms with E-state index >= 15 is 0 Å². The first-order chi connectivity index (χ1) is 5.26. The van der Waals surface area contributed by atoms with Crippen LogP contribution in [0.1, 0.15) is 6.42 Å². The van der Waals surface area contributed by atoms with Crippen LogP contribution in [0, 0.1) is 28.6 Å². The molecule has 54 valence electrons. The molecule has 1 aliphatic rings. The van der Waals surface area contributed by atoms with E-state index in [1.165, 1.54) is 0 Å². The summed E-state index contributed by atoms with van der Waals surface area (Å²) >= 11 is 0. The van der Waals surface area contributed by atoms with Crippen molar-refractivity contribution in [2.45, 2.75) is 6.42 Å². The molecule has 11 heavy (non-hydrogen) atoms. The Morgan fingerprint density at radius 3 is 2.82 bits per heavy atom. The summed E-state index contributed by atoms with van der Waals surface area (Å²) in [4.78, 5) is 0. The number of hydrogen-bond acceptors (Lipinski definition) is 3. The molecule has 0 amide bonds. The predicted molar refractivity (Wildman–Crippen MR) is 39.7 cm³/mol. The summed E-state index contributed by atoms with van der Waals surface area (Å²) in [7, 11) is 0. The van der Waals surface area contributed by atoms with Gasteiger partial charge in [0.1, 0.15) is 0 Å². The van der Waals surface area contributed by atoms with Crippen LogP contribution in [-0.2, 0) is 0 Å². The van der Waals surface area contributed by atoms with E-state index in [1.54, 1.807) is 12.2 Å². The van der Waals surface area contributed by atoms with Gasteiger partial charge in [0.05, 0.1) is 18.1 Å². The van der Waals surface area contributed by atoms with Crippen molar-refractivity contribution < 1.29 is 0 Å². The SMILES string of the molecule is N#CC1=CC(N)=C[C@H](C#N)C1. The van der Waals surface area contributed by atoms with E-state index in [2.05, 4.69) is 6.07 Å². The molecule has 0 heterocycles. The smallest absolute Gasteiger partial charge is 0.0948 e. The molecular formula is C8H7N3. The lowest BCUT2D eigenvalue weighted by molar-refractivity contribution is 0.802. The van der Waals surface area contributed by atoms with Gasteiger partial charge in [0.2, 0.25) is 0 Å². The van der Waals surface area contributed by atoms with Crippen LogP contribution in [0.4, 0.5) is 0 Å². The Morgan fingerprint density at radius 1 is 1.55 bits per heavy atom. The van der Waals surface area contributed by atoms with E-state index in [1.807, 2.05) is 6.07 Å². The first-order valence-electron chi connectivity index (χ1n) is 3.24. The summed E-state index contributed by atoms with van der Waals surface area (Å²) in [5.41, 5.74) is 6.54. The molecule has 0 aromatic rings. The van der Waals surface area contributed by atoms with Crippen molar-refractivity contribution in [2.24, 2.45) is 11.7 Å². The van der Waals surface area contributed by atoms with Gasteiger partial charge in [0.15, 0.2) is 0 Å². The first kappa shape index (κ1) is 7.37. The monoisotopic (exact) mass is 145 g/mol. The lowest BCUT2D eigenvalue weighted by Crippen LogP contribution is -2.06. The Balaban J connectivity index is 2.87. The minimum Gasteiger partial charge on any atom is -0.399 e. The number of hydrogen-bond donors (Lipinski definition) is 1. The maximum Gasteiger partial charge on any atom is 0.0948 e. The van der Waals surface area contributed by atoms with Crippen molar-refractivity contribution in [3.05, 3.63) is 23.4 Å². The second-order valence-corrected chi connectivity index (χ2v) is 2.39. The Bertz CT molecular complexity index is 298. The fraction of sp³-hybridized carbons (Fsp3) is 0.250.